The molecule has 25 heavy (non-hydrogen) atoms. The number of benzene rings is 2. The molecule has 0 atom stereocenters. The van der Waals surface area contributed by atoms with Crippen molar-refractivity contribution in [2.75, 3.05) is 0 Å². The standard InChI is InChI=1S/C20H19NO4/c22-19-9-2-1-8-18(19)20(23)21-12-15-5-3-6-16(11-15)13-24-14-17-7-4-10-25-17/h1-11,22H,12-14H2,(H,21,23). The van der Waals surface area contributed by atoms with Crippen LogP contribution < -0.4 is 5.32 Å². The number of aromatic hydroxyl groups is 1. The fourth-order valence-corrected chi connectivity index (χ4v) is 2.44. The minimum Gasteiger partial charge on any atom is -0.507 e. The number of amides is 1. The summed E-state index contributed by atoms with van der Waals surface area (Å²) in [5.41, 5.74) is 2.24. The Morgan fingerprint density at radius 2 is 1.84 bits per heavy atom. The zero-order valence-electron chi connectivity index (χ0n) is 13.6. The smallest absolute Gasteiger partial charge is 0.255 e. The zero-order valence-corrected chi connectivity index (χ0v) is 13.6. The summed E-state index contributed by atoms with van der Waals surface area (Å²) in [6.45, 7) is 1.25. The Bertz CT molecular complexity index is 827. The molecule has 5 heteroatoms. The van der Waals surface area contributed by atoms with Crippen LogP contribution in [0.25, 0.3) is 0 Å². The molecule has 5 nitrogen and oxygen atoms in total. The lowest BCUT2D eigenvalue weighted by Crippen LogP contribution is -2.22. The van der Waals surface area contributed by atoms with Gasteiger partial charge in [-0.1, -0.05) is 36.4 Å². The third-order valence-electron chi connectivity index (χ3n) is 3.69. The molecule has 0 aliphatic heterocycles. The van der Waals surface area contributed by atoms with Crippen LogP contribution in [0.5, 0.6) is 5.75 Å². The van der Waals surface area contributed by atoms with E-state index in [0.29, 0.717) is 19.8 Å². The van der Waals surface area contributed by atoms with Crippen LogP contribution in [0.4, 0.5) is 0 Å². The minimum absolute atomic E-state index is 0.0277. The number of phenols is 1. The van der Waals surface area contributed by atoms with Crippen LogP contribution in [0.1, 0.15) is 27.2 Å². The summed E-state index contributed by atoms with van der Waals surface area (Å²) in [4.78, 5) is 12.1. The van der Waals surface area contributed by atoms with E-state index in [1.807, 2.05) is 36.4 Å². The Balaban J connectivity index is 1.53. The number of phenolic OH excluding ortho intramolecular Hbond substituents is 1. The van der Waals surface area contributed by atoms with Crippen molar-refractivity contribution < 1.29 is 19.1 Å². The monoisotopic (exact) mass is 337 g/mol. The van der Waals surface area contributed by atoms with Gasteiger partial charge in [-0.2, -0.15) is 0 Å². The second-order valence-corrected chi connectivity index (χ2v) is 5.59. The van der Waals surface area contributed by atoms with Crippen LogP contribution in [0.15, 0.2) is 71.3 Å². The average molecular weight is 337 g/mol. The average Bonchev–Trinajstić information content (AvgIpc) is 3.14. The third-order valence-corrected chi connectivity index (χ3v) is 3.69. The van der Waals surface area contributed by atoms with Crippen molar-refractivity contribution in [1.82, 2.24) is 5.32 Å². The molecule has 0 radical (unpaired) electrons. The van der Waals surface area contributed by atoms with Gasteiger partial charge in [0.2, 0.25) is 0 Å². The summed E-state index contributed by atoms with van der Waals surface area (Å²) in [5, 5.41) is 12.5. The molecule has 1 amide bonds. The molecule has 0 saturated carbocycles. The van der Waals surface area contributed by atoms with E-state index in [9.17, 15) is 9.90 Å². The van der Waals surface area contributed by atoms with Gasteiger partial charge in [-0.15, -0.1) is 0 Å². The van der Waals surface area contributed by atoms with Crippen LogP contribution >= 0.6 is 0 Å². The van der Waals surface area contributed by atoms with E-state index in [0.717, 1.165) is 16.9 Å². The number of carbonyl (C=O) groups excluding carboxylic acids is 1. The second-order valence-electron chi connectivity index (χ2n) is 5.59. The highest BCUT2D eigenvalue weighted by molar-refractivity contribution is 5.96. The van der Waals surface area contributed by atoms with Gasteiger partial charge in [0.05, 0.1) is 18.4 Å². The summed E-state index contributed by atoms with van der Waals surface area (Å²) in [6.07, 6.45) is 1.62. The van der Waals surface area contributed by atoms with E-state index in [1.54, 1.807) is 24.5 Å². The number of furan rings is 1. The largest absolute Gasteiger partial charge is 0.507 e. The van der Waals surface area contributed by atoms with Gasteiger partial charge in [0.25, 0.3) is 5.91 Å². The summed E-state index contributed by atoms with van der Waals surface area (Å²) < 4.78 is 10.8. The number of para-hydroxylation sites is 1. The maximum atomic E-state index is 12.1. The first-order valence-electron chi connectivity index (χ1n) is 7.96. The minimum atomic E-state index is -0.308. The van der Waals surface area contributed by atoms with Gasteiger partial charge in [-0.3, -0.25) is 4.79 Å². The van der Waals surface area contributed by atoms with Crippen LogP contribution in [-0.4, -0.2) is 11.0 Å². The van der Waals surface area contributed by atoms with Gasteiger partial charge in [0, 0.05) is 6.54 Å². The molecule has 1 heterocycles. The molecule has 0 saturated heterocycles. The van der Waals surface area contributed by atoms with E-state index < -0.39 is 0 Å². The summed E-state index contributed by atoms with van der Waals surface area (Å²) in [5.74, 6) is 0.448. The summed E-state index contributed by atoms with van der Waals surface area (Å²) in [6, 6.07) is 18.0. The first-order valence-corrected chi connectivity index (χ1v) is 7.96. The Morgan fingerprint density at radius 1 is 1.00 bits per heavy atom. The second kappa shape index (κ2) is 8.17. The van der Waals surface area contributed by atoms with Gasteiger partial charge in [-0.05, 0) is 35.4 Å². The predicted molar refractivity (Wildman–Crippen MR) is 92.9 cm³/mol. The molecule has 2 N–H and O–H groups in total. The first kappa shape index (κ1) is 16.8. The van der Waals surface area contributed by atoms with E-state index in [-0.39, 0.29) is 17.2 Å². The Morgan fingerprint density at radius 3 is 2.64 bits per heavy atom. The number of nitrogens with one attached hydrogen (secondary N) is 1. The van der Waals surface area contributed by atoms with Crippen molar-refractivity contribution >= 4 is 5.91 Å². The molecular formula is C20H19NO4. The molecule has 0 spiro atoms. The third kappa shape index (κ3) is 4.71. The molecule has 3 rings (SSSR count). The lowest BCUT2D eigenvalue weighted by molar-refractivity contribution is 0.0928. The van der Waals surface area contributed by atoms with E-state index in [2.05, 4.69) is 5.32 Å². The maximum absolute atomic E-state index is 12.1. The molecule has 2 aromatic carbocycles. The van der Waals surface area contributed by atoms with Gasteiger partial charge >= 0.3 is 0 Å². The maximum Gasteiger partial charge on any atom is 0.255 e. The number of rotatable bonds is 7. The fourth-order valence-electron chi connectivity index (χ4n) is 2.44. The molecule has 0 bridgehead atoms. The molecule has 0 unspecified atom stereocenters. The molecule has 128 valence electrons. The highest BCUT2D eigenvalue weighted by atomic mass is 16.5. The van der Waals surface area contributed by atoms with Crippen LogP contribution in [0.3, 0.4) is 0 Å². The highest BCUT2D eigenvalue weighted by Gasteiger charge is 2.09. The van der Waals surface area contributed by atoms with Crippen molar-refractivity contribution in [3.63, 3.8) is 0 Å². The number of hydrogen-bond donors (Lipinski definition) is 2. The van der Waals surface area contributed by atoms with Crippen molar-refractivity contribution in [2.24, 2.45) is 0 Å². The van der Waals surface area contributed by atoms with Crippen molar-refractivity contribution in [1.29, 1.82) is 0 Å². The van der Waals surface area contributed by atoms with E-state index in [4.69, 9.17) is 9.15 Å². The number of carbonyl (C=O) groups is 1. The zero-order chi connectivity index (χ0) is 17.5. The van der Waals surface area contributed by atoms with Crippen molar-refractivity contribution in [3.8, 4) is 5.75 Å². The van der Waals surface area contributed by atoms with Crippen molar-refractivity contribution in [2.45, 2.75) is 19.8 Å². The highest BCUT2D eigenvalue weighted by Crippen LogP contribution is 2.15. The summed E-state index contributed by atoms with van der Waals surface area (Å²) in [7, 11) is 0. The first-order chi connectivity index (χ1) is 12.2. The van der Waals surface area contributed by atoms with E-state index >= 15 is 0 Å². The molecular weight excluding hydrogens is 318 g/mol. The molecule has 3 aromatic rings. The number of hydrogen-bond acceptors (Lipinski definition) is 4. The Kier molecular flexibility index (Phi) is 5.49. The van der Waals surface area contributed by atoms with Gasteiger partial charge in [-0.25, -0.2) is 0 Å². The van der Waals surface area contributed by atoms with Crippen LogP contribution in [0.2, 0.25) is 0 Å². The number of ether oxygens (including phenoxy) is 1. The molecule has 0 aliphatic carbocycles. The summed E-state index contributed by atoms with van der Waals surface area (Å²) >= 11 is 0. The lowest BCUT2D eigenvalue weighted by Gasteiger charge is -2.09. The molecule has 0 fully saturated rings. The molecule has 1 aromatic heterocycles. The lowest BCUT2D eigenvalue weighted by atomic mass is 10.1. The van der Waals surface area contributed by atoms with Gasteiger partial charge in [0.1, 0.15) is 18.1 Å². The van der Waals surface area contributed by atoms with E-state index in [1.165, 1.54) is 6.07 Å². The topological polar surface area (TPSA) is 71.7 Å². The quantitative estimate of drug-likeness (QED) is 0.690. The van der Waals surface area contributed by atoms with Gasteiger partial charge < -0.3 is 19.6 Å². The van der Waals surface area contributed by atoms with Crippen LogP contribution in [-0.2, 0) is 24.5 Å². The normalized spacial score (nSPS) is 10.6. The Hall–Kier alpha value is -3.05. The van der Waals surface area contributed by atoms with Crippen LogP contribution in [0, 0.1) is 0 Å². The Labute approximate surface area is 145 Å². The van der Waals surface area contributed by atoms with Gasteiger partial charge in [0.15, 0.2) is 0 Å². The fraction of sp³-hybridized carbons (Fsp3) is 0.150. The van der Waals surface area contributed by atoms with Crippen molar-refractivity contribution in [3.05, 3.63) is 89.4 Å². The SMILES string of the molecule is O=C(NCc1cccc(COCc2ccco2)c1)c1ccccc1O. The predicted octanol–water partition coefficient (Wildman–Crippen LogP) is 3.63. The molecule has 0 aliphatic rings.